The van der Waals surface area contributed by atoms with Gasteiger partial charge in [0.05, 0.1) is 24.3 Å². The SMILES string of the molecule is N[C@@H]1[C@@H](N)[C@H](O)[C@@H](O)[C@H](O)[C@H]1O. The molecule has 1 rings (SSSR count). The maximum atomic E-state index is 9.18. The summed E-state index contributed by atoms with van der Waals surface area (Å²) in [6.07, 6.45) is -5.46. The average Bonchev–Trinajstić information content (AvgIpc) is 2.08. The molecule has 0 aromatic carbocycles. The fourth-order valence-electron chi connectivity index (χ4n) is 1.31. The molecule has 6 heteroatoms. The van der Waals surface area contributed by atoms with Crippen molar-refractivity contribution in [2.75, 3.05) is 0 Å². The zero-order valence-corrected chi connectivity index (χ0v) is 6.41. The Hall–Kier alpha value is -0.240. The van der Waals surface area contributed by atoms with Crippen LogP contribution in [-0.4, -0.2) is 56.9 Å². The molecule has 6 nitrogen and oxygen atoms in total. The molecule has 72 valence electrons. The summed E-state index contributed by atoms with van der Waals surface area (Å²) in [6, 6.07) is -1.84. The molecule has 12 heavy (non-hydrogen) atoms. The molecular weight excluding hydrogens is 164 g/mol. The Bertz CT molecular complexity index is 109. The molecule has 0 unspecified atom stereocenters. The van der Waals surface area contributed by atoms with E-state index in [0.717, 1.165) is 0 Å². The minimum Gasteiger partial charge on any atom is -0.389 e. The third-order valence-corrected chi connectivity index (χ3v) is 2.28. The highest BCUT2D eigenvalue weighted by atomic mass is 16.4. The van der Waals surface area contributed by atoms with Crippen LogP contribution in [0.1, 0.15) is 0 Å². The predicted octanol–water partition coefficient (Wildman–Crippen LogP) is -3.90. The Balaban J connectivity index is 2.76. The van der Waals surface area contributed by atoms with Gasteiger partial charge in [-0.1, -0.05) is 0 Å². The van der Waals surface area contributed by atoms with Crippen molar-refractivity contribution >= 4 is 0 Å². The van der Waals surface area contributed by atoms with Gasteiger partial charge in [-0.15, -0.1) is 0 Å². The largest absolute Gasteiger partial charge is 0.389 e. The van der Waals surface area contributed by atoms with E-state index in [2.05, 4.69) is 0 Å². The summed E-state index contributed by atoms with van der Waals surface area (Å²) < 4.78 is 0. The molecule has 0 aliphatic heterocycles. The fourth-order valence-corrected chi connectivity index (χ4v) is 1.31. The zero-order valence-electron chi connectivity index (χ0n) is 6.41. The molecule has 1 fully saturated rings. The van der Waals surface area contributed by atoms with Gasteiger partial charge < -0.3 is 31.9 Å². The van der Waals surface area contributed by atoms with E-state index in [1.165, 1.54) is 0 Å². The molecule has 1 aliphatic rings. The first kappa shape index (κ1) is 9.85. The van der Waals surface area contributed by atoms with Gasteiger partial charge in [0, 0.05) is 0 Å². The van der Waals surface area contributed by atoms with Gasteiger partial charge in [0.2, 0.25) is 0 Å². The molecular formula is C6H14N2O4. The topological polar surface area (TPSA) is 133 Å². The van der Waals surface area contributed by atoms with Crippen molar-refractivity contribution in [2.45, 2.75) is 36.5 Å². The van der Waals surface area contributed by atoms with Gasteiger partial charge in [0.25, 0.3) is 0 Å². The lowest BCUT2D eigenvalue weighted by Crippen LogP contribution is -2.69. The van der Waals surface area contributed by atoms with Crippen molar-refractivity contribution < 1.29 is 20.4 Å². The smallest absolute Gasteiger partial charge is 0.110 e. The fraction of sp³-hybridized carbons (Fsp3) is 1.00. The van der Waals surface area contributed by atoms with Crippen LogP contribution >= 0.6 is 0 Å². The predicted molar refractivity (Wildman–Crippen MR) is 40.0 cm³/mol. The Morgan fingerprint density at radius 3 is 1.08 bits per heavy atom. The molecule has 6 atom stereocenters. The van der Waals surface area contributed by atoms with Crippen LogP contribution < -0.4 is 11.5 Å². The maximum Gasteiger partial charge on any atom is 0.110 e. The van der Waals surface area contributed by atoms with Crippen LogP contribution in [-0.2, 0) is 0 Å². The van der Waals surface area contributed by atoms with Crippen LogP contribution in [0.3, 0.4) is 0 Å². The van der Waals surface area contributed by atoms with Gasteiger partial charge >= 0.3 is 0 Å². The van der Waals surface area contributed by atoms with Crippen molar-refractivity contribution in [3.05, 3.63) is 0 Å². The number of aliphatic hydroxyl groups is 4. The minimum absolute atomic E-state index is 0.918. The lowest BCUT2D eigenvalue weighted by Gasteiger charge is -2.40. The second-order valence-electron chi connectivity index (χ2n) is 3.12. The van der Waals surface area contributed by atoms with Crippen molar-refractivity contribution in [3.63, 3.8) is 0 Å². The van der Waals surface area contributed by atoms with E-state index in [9.17, 15) is 10.2 Å². The van der Waals surface area contributed by atoms with E-state index < -0.39 is 36.5 Å². The molecule has 0 saturated heterocycles. The molecule has 8 N–H and O–H groups in total. The van der Waals surface area contributed by atoms with E-state index in [1.54, 1.807) is 0 Å². The van der Waals surface area contributed by atoms with Crippen LogP contribution in [0.15, 0.2) is 0 Å². The number of hydrogen-bond acceptors (Lipinski definition) is 6. The van der Waals surface area contributed by atoms with E-state index in [1.807, 2.05) is 0 Å². The van der Waals surface area contributed by atoms with Crippen molar-refractivity contribution in [1.82, 2.24) is 0 Å². The maximum absolute atomic E-state index is 9.18. The van der Waals surface area contributed by atoms with Gasteiger partial charge in [0.15, 0.2) is 0 Å². The number of hydrogen-bond donors (Lipinski definition) is 6. The highest BCUT2D eigenvalue weighted by Gasteiger charge is 2.45. The second kappa shape index (κ2) is 3.25. The van der Waals surface area contributed by atoms with Crippen LogP contribution in [0.4, 0.5) is 0 Å². The molecule has 0 aromatic rings. The van der Waals surface area contributed by atoms with E-state index in [-0.39, 0.29) is 0 Å². The summed E-state index contributed by atoms with van der Waals surface area (Å²) in [4.78, 5) is 0. The first-order chi connectivity index (χ1) is 5.46. The quantitative estimate of drug-likeness (QED) is 0.224. The molecule has 0 bridgehead atoms. The number of nitrogens with two attached hydrogens (primary N) is 2. The van der Waals surface area contributed by atoms with Gasteiger partial charge in [-0.3, -0.25) is 0 Å². The van der Waals surface area contributed by atoms with Gasteiger partial charge in [0.1, 0.15) is 12.2 Å². The molecule has 0 radical (unpaired) electrons. The van der Waals surface area contributed by atoms with E-state index >= 15 is 0 Å². The van der Waals surface area contributed by atoms with Gasteiger partial charge in [-0.25, -0.2) is 0 Å². The average molecular weight is 178 g/mol. The normalized spacial score (nSPS) is 55.5. The molecule has 0 aromatic heterocycles. The first-order valence-electron chi connectivity index (χ1n) is 3.70. The minimum atomic E-state index is -1.44. The summed E-state index contributed by atoms with van der Waals surface area (Å²) in [6.45, 7) is 0. The summed E-state index contributed by atoms with van der Waals surface area (Å²) in [5.41, 5.74) is 10.7. The molecule has 0 heterocycles. The third kappa shape index (κ3) is 1.33. The van der Waals surface area contributed by atoms with Crippen LogP contribution in [0.25, 0.3) is 0 Å². The summed E-state index contributed by atoms with van der Waals surface area (Å²) in [5, 5.41) is 36.6. The Morgan fingerprint density at radius 2 is 0.833 bits per heavy atom. The number of rotatable bonds is 0. The van der Waals surface area contributed by atoms with Gasteiger partial charge in [-0.05, 0) is 0 Å². The van der Waals surface area contributed by atoms with Crippen LogP contribution in [0, 0.1) is 0 Å². The van der Waals surface area contributed by atoms with Crippen molar-refractivity contribution in [1.29, 1.82) is 0 Å². The van der Waals surface area contributed by atoms with E-state index in [4.69, 9.17) is 21.7 Å². The Kier molecular flexibility index (Phi) is 2.67. The van der Waals surface area contributed by atoms with Crippen molar-refractivity contribution in [3.8, 4) is 0 Å². The molecule has 1 saturated carbocycles. The lowest BCUT2D eigenvalue weighted by molar-refractivity contribution is -0.149. The van der Waals surface area contributed by atoms with Crippen LogP contribution in [0.5, 0.6) is 0 Å². The molecule has 0 amide bonds. The lowest BCUT2D eigenvalue weighted by atomic mass is 9.82. The standard InChI is InChI=1S/C6H14N2O4/c7-1-2(8)4(10)6(12)5(11)3(1)9/h1-6,9-12H,7-8H2/t1-,2-,3+,4+,5-,6-/m1/s1. The highest BCUT2D eigenvalue weighted by Crippen LogP contribution is 2.18. The molecule has 1 aliphatic carbocycles. The van der Waals surface area contributed by atoms with Crippen LogP contribution in [0.2, 0.25) is 0 Å². The van der Waals surface area contributed by atoms with E-state index in [0.29, 0.717) is 0 Å². The Labute approximate surface area is 69.4 Å². The zero-order chi connectivity index (χ0) is 9.46. The summed E-state index contributed by atoms with van der Waals surface area (Å²) >= 11 is 0. The van der Waals surface area contributed by atoms with Gasteiger partial charge in [-0.2, -0.15) is 0 Å². The summed E-state index contributed by atoms with van der Waals surface area (Å²) in [5.74, 6) is 0. The first-order valence-corrected chi connectivity index (χ1v) is 3.70. The number of aliphatic hydroxyl groups excluding tert-OH is 4. The second-order valence-corrected chi connectivity index (χ2v) is 3.12. The Morgan fingerprint density at radius 1 is 0.583 bits per heavy atom. The summed E-state index contributed by atoms with van der Waals surface area (Å²) in [7, 11) is 0. The molecule has 0 spiro atoms. The monoisotopic (exact) mass is 178 g/mol. The third-order valence-electron chi connectivity index (χ3n) is 2.28. The highest BCUT2D eigenvalue weighted by molar-refractivity contribution is 5.02. The van der Waals surface area contributed by atoms with Crippen molar-refractivity contribution in [2.24, 2.45) is 11.5 Å².